The van der Waals surface area contributed by atoms with E-state index in [-0.39, 0.29) is 36.1 Å². The van der Waals surface area contributed by atoms with Crippen LogP contribution in [0.1, 0.15) is 46.1 Å². The first-order chi connectivity index (χ1) is 14.0. The summed E-state index contributed by atoms with van der Waals surface area (Å²) in [6.45, 7) is 12.0. The summed E-state index contributed by atoms with van der Waals surface area (Å²) in [5.74, 6) is 2.16. The normalized spacial score (nSPS) is 14.8. The van der Waals surface area contributed by atoms with Crippen molar-refractivity contribution in [1.29, 1.82) is 0 Å². The molecular formula is C22H37IN4O3. The van der Waals surface area contributed by atoms with Crippen LogP contribution in [0.5, 0.6) is 5.75 Å². The predicted octanol–water partition coefficient (Wildman–Crippen LogP) is 4.02. The largest absolute Gasteiger partial charge is 0.493 e. The lowest BCUT2D eigenvalue weighted by atomic mass is 10.1. The first-order valence-corrected chi connectivity index (χ1v) is 10.7. The minimum atomic E-state index is -0.218. The van der Waals surface area contributed by atoms with E-state index in [0.717, 1.165) is 36.7 Å². The number of likely N-dealkylation sites (tertiary alicyclic amines) is 1. The molecule has 2 N–H and O–H groups in total. The average Bonchev–Trinajstić information content (AvgIpc) is 2.72. The third-order valence-electron chi connectivity index (χ3n) is 4.66. The van der Waals surface area contributed by atoms with Crippen LogP contribution >= 0.6 is 24.0 Å². The third kappa shape index (κ3) is 8.97. The zero-order valence-electron chi connectivity index (χ0n) is 18.6. The molecular weight excluding hydrogens is 495 g/mol. The molecule has 8 heteroatoms. The molecule has 30 heavy (non-hydrogen) atoms. The molecule has 170 valence electrons. The molecule has 1 heterocycles. The van der Waals surface area contributed by atoms with Crippen LogP contribution in [0.3, 0.4) is 0 Å². The number of piperidine rings is 1. The van der Waals surface area contributed by atoms with Crippen molar-refractivity contribution in [3.8, 4) is 5.75 Å². The van der Waals surface area contributed by atoms with Gasteiger partial charge in [-0.3, -0.25) is 0 Å². The number of hydrogen-bond donors (Lipinski definition) is 2. The second-order valence-corrected chi connectivity index (χ2v) is 7.61. The number of para-hydroxylation sites is 1. The van der Waals surface area contributed by atoms with Gasteiger partial charge in [0.2, 0.25) is 0 Å². The number of guanidine groups is 1. The summed E-state index contributed by atoms with van der Waals surface area (Å²) >= 11 is 0. The molecule has 0 aliphatic carbocycles. The Morgan fingerprint density at radius 1 is 1.23 bits per heavy atom. The first kappa shape index (κ1) is 26.3. The number of carbonyl (C=O) groups is 1. The van der Waals surface area contributed by atoms with Gasteiger partial charge in [0.05, 0.1) is 19.8 Å². The highest BCUT2D eigenvalue weighted by molar-refractivity contribution is 14.0. The molecule has 0 unspecified atom stereocenters. The molecule has 0 spiro atoms. The summed E-state index contributed by atoms with van der Waals surface area (Å²) in [5.41, 5.74) is 1.07. The van der Waals surface area contributed by atoms with E-state index < -0.39 is 0 Å². The molecule has 1 aromatic rings. The molecule has 2 rings (SSSR count). The maximum atomic E-state index is 11.9. The summed E-state index contributed by atoms with van der Waals surface area (Å²) in [6.07, 6.45) is 1.53. The van der Waals surface area contributed by atoms with Gasteiger partial charge in [-0.2, -0.15) is 0 Å². The molecule has 1 aliphatic rings. The van der Waals surface area contributed by atoms with Gasteiger partial charge in [0.15, 0.2) is 5.96 Å². The summed E-state index contributed by atoms with van der Waals surface area (Å²) in [7, 11) is 0. The van der Waals surface area contributed by atoms with Crippen LogP contribution in [0.4, 0.5) is 4.79 Å². The minimum absolute atomic E-state index is 0. The molecule has 0 bridgehead atoms. The van der Waals surface area contributed by atoms with E-state index in [2.05, 4.69) is 37.5 Å². The second-order valence-electron chi connectivity index (χ2n) is 7.61. The van der Waals surface area contributed by atoms with Crippen molar-refractivity contribution >= 4 is 36.0 Å². The van der Waals surface area contributed by atoms with Gasteiger partial charge < -0.3 is 25.0 Å². The highest BCUT2D eigenvalue weighted by Gasteiger charge is 2.24. The number of nitrogens with one attached hydrogen (secondary N) is 2. The van der Waals surface area contributed by atoms with E-state index in [1.165, 1.54) is 0 Å². The fourth-order valence-corrected chi connectivity index (χ4v) is 3.13. The predicted molar refractivity (Wildman–Crippen MR) is 132 cm³/mol. The number of halogens is 1. The molecule has 1 amide bonds. The van der Waals surface area contributed by atoms with Gasteiger partial charge in [-0.15, -0.1) is 24.0 Å². The SMILES string of the molecule is CCNC(=NCc1ccccc1OCC(C)C)NC1CCN(C(=O)OCC)CC1.I. The number of amides is 1. The number of rotatable bonds is 8. The van der Waals surface area contributed by atoms with Gasteiger partial charge in [0.1, 0.15) is 5.75 Å². The molecule has 1 aromatic carbocycles. The summed E-state index contributed by atoms with van der Waals surface area (Å²) < 4.78 is 11.0. The van der Waals surface area contributed by atoms with E-state index in [9.17, 15) is 4.79 Å². The third-order valence-corrected chi connectivity index (χ3v) is 4.66. The van der Waals surface area contributed by atoms with E-state index in [1.807, 2.05) is 25.1 Å². The van der Waals surface area contributed by atoms with Gasteiger partial charge in [0, 0.05) is 31.2 Å². The molecule has 7 nitrogen and oxygen atoms in total. The Morgan fingerprint density at radius 2 is 1.93 bits per heavy atom. The zero-order valence-corrected chi connectivity index (χ0v) is 21.0. The Morgan fingerprint density at radius 3 is 2.57 bits per heavy atom. The number of nitrogens with zero attached hydrogens (tertiary/aromatic N) is 2. The van der Waals surface area contributed by atoms with Crippen molar-refractivity contribution in [2.75, 3.05) is 32.8 Å². The van der Waals surface area contributed by atoms with Gasteiger partial charge in [-0.05, 0) is 38.7 Å². The van der Waals surface area contributed by atoms with Crippen LogP contribution in [-0.2, 0) is 11.3 Å². The number of aliphatic imine (C=N–C) groups is 1. The highest BCUT2D eigenvalue weighted by Crippen LogP contribution is 2.19. The van der Waals surface area contributed by atoms with Crippen LogP contribution in [0.15, 0.2) is 29.3 Å². The van der Waals surface area contributed by atoms with Gasteiger partial charge in [0.25, 0.3) is 0 Å². The first-order valence-electron chi connectivity index (χ1n) is 10.7. The quantitative estimate of drug-likeness (QED) is 0.301. The monoisotopic (exact) mass is 532 g/mol. The van der Waals surface area contributed by atoms with E-state index in [0.29, 0.717) is 38.8 Å². The Bertz CT molecular complexity index is 662. The lowest BCUT2D eigenvalue weighted by molar-refractivity contribution is 0.0963. The van der Waals surface area contributed by atoms with Crippen LogP contribution in [-0.4, -0.2) is 55.8 Å². The fourth-order valence-electron chi connectivity index (χ4n) is 3.13. The summed E-state index contributed by atoms with van der Waals surface area (Å²) in [6, 6.07) is 8.34. The van der Waals surface area contributed by atoms with Crippen LogP contribution in [0, 0.1) is 5.92 Å². The lowest BCUT2D eigenvalue weighted by Crippen LogP contribution is -2.49. The Balaban J connectivity index is 0.00000450. The standard InChI is InChI=1S/C22H36N4O3.HI/c1-5-23-21(25-19-11-13-26(14-12-19)22(27)28-6-2)24-15-18-9-7-8-10-20(18)29-16-17(3)4;/h7-10,17,19H,5-6,11-16H2,1-4H3,(H2,23,24,25);1H. The summed E-state index contributed by atoms with van der Waals surface area (Å²) in [4.78, 5) is 18.4. The van der Waals surface area contributed by atoms with Crippen LogP contribution < -0.4 is 15.4 Å². The molecule has 1 aliphatic heterocycles. The number of hydrogen-bond acceptors (Lipinski definition) is 4. The number of benzene rings is 1. The van der Waals surface area contributed by atoms with E-state index in [4.69, 9.17) is 14.5 Å². The van der Waals surface area contributed by atoms with E-state index >= 15 is 0 Å². The van der Waals surface area contributed by atoms with Crippen molar-refractivity contribution < 1.29 is 14.3 Å². The molecule has 0 atom stereocenters. The van der Waals surface area contributed by atoms with Crippen molar-refractivity contribution in [2.45, 2.75) is 53.1 Å². The maximum Gasteiger partial charge on any atom is 0.409 e. The van der Waals surface area contributed by atoms with Gasteiger partial charge in [-0.25, -0.2) is 9.79 Å². The number of carbonyl (C=O) groups excluding carboxylic acids is 1. The van der Waals surface area contributed by atoms with Crippen LogP contribution in [0.25, 0.3) is 0 Å². The molecule has 1 saturated heterocycles. The highest BCUT2D eigenvalue weighted by atomic mass is 127. The smallest absolute Gasteiger partial charge is 0.409 e. The molecule has 0 radical (unpaired) electrons. The lowest BCUT2D eigenvalue weighted by Gasteiger charge is -2.32. The topological polar surface area (TPSA) is 75.2 Å². The molecule has 1 fully saturated rings. The van der Waals surface area contributed by atoms with Crippen molar-refractivity contribution in [3.63, 3.8) is 0 Å². The van der Waals surface area contributed by atoms with Gasteiger partial charge >= 0.3 is 6.09 Å². The second kappa shape index (κ2) is 14.3. The maximum absolute atomic E-state index is 11.9. The Labute approximate surface area is 198 Å². The van der Waals surface area contributed by atoms with Crippen LogP contribution in [0.2, 0.25) is 0 Å². The molecule has 0 aromatic heterocycles. The zero-order chi connectivity index (χ0) is 21.1. The Kier molecular flexibility index (Phi) is 12.6. The van der Waals surface area contributed by atoms with E-state index in [1.54, 1.807) is 4.90 Å². The molecule has 0 saturated carbocycles. The fraction of sp³-hybridized carbons (Fsp3) is 0.636. The van der Waals surface area contributed by atoms with Crippen molar-refractivity contribution in [2.24, 2.45) is 10.9 Å². The minimum Gasteiger partial charge on any atom is -0.493 e. The average molecular weight is 532 g/mol. The Hall–Kier alpha value is -1.71. The van der Waals surface area contributed by atoms with Crippen molar-refractivity contribution in [1.82, 2.24) is 15.5 Å². The van der Waals surface area contributed by atoms with Gasteiger partial charge in [-0.1, -0.05) is 32.0 Å². The number of ether oxygens (including phenoxy) is 2. The summed E-state index contributed by atoms with van der Waals surface area (Å²) in [5, 5.41) is 6.82. The van der Waals surface area contributed by atoms with Crippen molar-refractivity contribution in [3.05, 3.63) is 29.8 Å².